The Morgan fingerprint density at radius 1 is 1.00 bits per heavy atom. The Labute approximate surface area is 230 Å². The molecule has 6 nitrogen and oxygen atoms in total. The van der Waals surface area contributed by atoms with Gasteiger partial charge >= 0.3 is 0 Å². The van der Waals surface area contributed by atoms with Crippen molar-refractivity contribution in [3.05, 3.63) is 117 Å². The molecule has 0 aliphatic rings. The van der Waals surface area contributed by atoms with Crippen molar-refractivity contribution < 1.29 is 14.0 Å². The molecular weight excluding hydrogens is 526 g/mol. The Hall–Kier alpha value is -3.81. The molecule has 2 aromatic carbocycles. The van der Waals surface area contributed by atoms with E-state index in [1.54, 1.807) is 49.6 Å². The van der Waals surface area contributed by atoms with Crippen molar-refractivity contribution in [2.45, 2.75) is 32.2 Å². The molecule has 3 N–H and O–H groups in total. The average molecular weight is 551 g/mol. The van der Waals surface area contributed by atoms with E-state index in [1.165, 1.54) is 12.1 Å². The number of nitrogens with two attached hydrogens (primary N) is 1. The number of nitrogens with one attached hydrogen (secondary N) is 1. The van der Waals surface area contributed by atoms with Crippen LogP contribution in [0.1, 0.15) is 40.3 Å². The van der Waals surface area contributed by atoms with Gasteiger partial charge in [0.15, 0.2) is 0 Å². The van der Waals surface area contributed by atoms with Gasteiger partial charge in [-0.05, 0) is 84.6 Å². The molecule has 0 radical (unpaired) electrons. The van der Waals surface area contributed by atoms with Crippen LogP contribution in [0.4, 0.5) is 4.39 Å². The summed E-state index contributed by atoms with van der Waals surface area (Å²) >= 11 is 12.9. The lowest BCUT2D eigenvalue weighted by atomic mass is 9.91. The lowest BCUT2D eigenvalue weighted by molar-refractivity contribution is -0.121. The highest BCUT2D eigenvalue weighted by Gasteiger charge is 2.28. The predicted octanol–water partition coefficient (Wildman–Crippen LogP) is 5.76. The van der Waals surface area contributed by atoms with Crippen molar-refractivity contribution in [2.24, 2.45) is 5.73 Å². The van der Waals surface area contributed by atoms with Crippen molar-refractivity contribution in [3.8, 4) is 11.3 Å². The van der Waals surface area contributed by atoms with Crippen molar-refractivity contribution in [1.29, 1.82) is 0 Å². The van der Waals surface area contributed by atoms with Gasteiger partial charge in [0.25, 0.3) is 0 Å². The van der Waals surface area contributed by atoms with Crippen LogP contribution >= 0.6 is 23.2 Å². The van der Waals surface area contributed by atoms with Gasteiger partial charge in [-0.3, -0.25) is 19.6 Å². The van der Waals surface area contributed by atoms with Gasteiger partial charge in [0.2, 0.25) is 11.8 Å². The largest absolute Gasteiger partial charge is 0.369 e. The first-order chi connectivity index (χ1) is 18.2. The Morgan fingerprint density at radius 2 is 1.71 bits per heavy atom. The maximum absolute atomic E-state index is 13.8. The summed E-state index contributed by atoms with van der Waals surface area (Å²) in [6.07, 6.45) is 3.90. The minimum Gasteiger partial charge on any atom is -0.369 e. The minimum absolute atomic E-state index is 0.139. The van der Waals surface area contributed by atoms with Crippen molar-refractivity contribution in [3.63, 3.8) is 0 Å². The van der Waals surface area contributed by atoms with Gasteiger partial charge in [-0.2, -0.15) is 0 Å². The number of rotatable bonds is 9. The maximum atomic E-state index is 13.8. The average Bonchev–Trinajstić information content (AvgIpc) is 2.88. The fourth-order valence-corrected chi connectivity index (χ4v) is 4.84. The number of aryl methyl sites for hydroxylation is 2. The third-order valence-electron chi connectivity index (χ3n) is 6.12. The number of carbonyl (C=O) groups is 2. The molecule has 4 aromatic rings. The van der Waals surface area contributed by atoms with Gasteiger partial charge in [-0.1, -0.05) is 29.3 Å². The lowest BCUT2D eigenvalue weighted by Crippen LogP contribution is -2.25. The van der Waals surface area contributed by atoms with E-state index in [-0.39, 0.29) is 28.2 Å². The third-order valence-corrected chi connectivity index (χ3v) is 6.78. The molecule has 4 rings (SSSR count). The minimum atomic E-state index is -1.03. The summed E-state index contributed by atoms with van der Waals surface area (Å²) in [5.41, 5.74) is 10.1. The fourth-order valence-electron chi connectivity index (χ4n) is 4.23. The van der Waals surface area contributed by atoms with Gasteiger partial charge in [0, 0.05) is 46.5 Å². The zero-order valence-corrected chi connectivity index (χ0v) is 22.1. The molecule has 38 heavy (non-hydrogen) atoms. The van der Waals surface area contributed by atoms with Crippen LogP contribution in [0.5, 0.6) is 0 Å². The quantitative estimate of drug-likeness (QED) is 0.276. The van der Waals surface area contributed by atoms with Gasteiger partial charge in [-0.15, -0.1) is 0 Å². The molecule has 2 aromatic heterocycles. The number of amides is 2. The van der Waals surface area contributed by atoms with Crippen LogP contribution in [0.2, 0.25) is 10.0 Å². The Balaban J connectivity index is 1.69. The van der Waals surface area contributed by atoms with Gasteiger partial charge in [0.05, 0.1) is 11.4 Å². The zero-order valence-electron chi connectivity index (χ0n) is 20.5. The number of aromatic nitrogens is 2. The second-order valence-corrected chi connectivity index (χ2v) is 9.66. The predicted molar refractivity (Wildman–Crippen MR) is 146 cm³/mol. The first-order valence-corrected chi connectivity index (χ1v) is 12.6. The van der Waals surface area contributed by atoms with Crippen LogP contribution in [-0.2, 0) is 22.6 Å². The number of benzene rings is 2. The monoisotopic (exact) mass is 550 g/mol. The van der Waals surface area contributed by atoms with E-state index in [4.69, 9.17) is 33.9 Å². The summed E-state index contributed by atoms with van der Waals surface area (Å²) < 4.78 is 13.8. The highest BCUT2D eigenvalue weighted by Crippen LogP contribution is 2.36. The van der Waals surface area contributed by atoms with E-state index in [0.717, 1.165) is 11.1 Å². The SMILES string of the molecule is Cc1cc(F)ccc1-c1cc(CCC(=O)NCc2ccncc2)cc(C(C(N)=O)c2c(Cl)cccc2Cl)n1. The first kappa shape index (κ1) is 27.2. The number of primary amides is 1. The molecule has 9 heteroatoms. The molecule has 194 valence electrons. The Kier molecular flexibility index (Phi) is 8.71. The van der Waals surface area contributed by atoms with Crippen LogP contribution in [-0.4, -0.2) is 21.8 Å². The third kappa shape index (κ3) is 6.54. The van der Waals surface area contributed by atoms with Crippen LogP contribution in [0, 0.1) is 12.7 Å². The zero-order chi connectivity index (χ0) is 27.2. The van der Waals surface area contributed by atoms with E-state index in [1.807, 2.05) is 18.2 Å². The Morgan fingerprint density at radius 3 is 2.37 bits per heavy atom. The second-order valence-electron chi connectivity index (χ2n) is 8.85. The molecule has 2 amide bonds. The molecule has 1 atom stereocenters. The van der Waals surface area contributed by atoms with E-state index in [0.29, 0.717) is 41.0 Å². The summed E-state index contributed by atoms with van der Waals surface area (Å²) in [5, 5.41) is 3.46. The molecule has 1 unspecified atom stereocenters. The van der Waals surface area contributed by atoms with E-state index in [2.05, 4.69) is 10.3 Å². The topological polar surface area (TPSA) is 98.0 Å². The van der Waals surface area contributed by atoms with Crippen LogP contribution in [0.15, 0.2) is 73.1 Å². The normalized spacial score (nSPS) is 11.7. The molecular formula is C29H25Cl2FN4O2. The molecule has 0 aliphatic carbocycles. The maximum Gasteiger partial charge on any atom is 0.231 e. The van der Waals surface area contributed by atoms with Crippen molar-refractivity contribution in [1.82, 2.24) is 15.3 Å². The van der Waals surface area contributed by atoms with Gasteiger partial charge in [-0.25, -0.2) is 4.39 Å². The van der Waals surface area contributed by atoms with Crippen LogP contribution in [0.25, 0.3) is 11.3 Å². The standard InChI is InChI=1S/C29H25Cl2FN4O2/c1-17-13-20(32)6-7-21(17)24-14-19(5-8-26(37)35-16-18-9-11-34-12-10-18)15-25(36-24)28(29(33)38)27-22(30)3-2-4-23(27)31/h2-4,6-7,9-15,28H,5,8,16H2,1H3,(H2,33,38)(H,35,37). The van der Waals surface area contributed by atoms with Crippen molar-refractivity contribution >= 4 is 35.0 Å². The molecule has 0 spiro atoms. The van der Waals surface area contributed by atoms with E-state index in [9.17, 15) is 14.0 Å². The molecule has 0 bridgehead atoms. The second kappa shape index (κ2) is 12.2. The number of pyridine rings is 2. The lowest BCUT2D eigenvalue weighted by Gasteiger charge is -2.19. The number of halogens is 3. The number of carbonyl (C=O) groups excluding carboxylic acids is 2. The van der Waals surface area contributed by atoms with E-state index < -0.39 is 11.8 Å². The fraction of sp³-hybridized carbons (Fsp3) is 0.172. The molecule has 0 fully saturated rings. The van der Waals surface area contributed by atoms with Crippen LogP contribution in [0.3, 0.4) is 0 Å². The highest BCUT2D eigenvalue weighted by molar-refractivity contribution is 6.36. The van der Waals surface area contributed by atoms with E-state index >= 15 is 0 Å². The molecule has 0 saturated carbocycles. The molecule has 0 saturated heterocycles. The van der Waals surface area contributed by atoms with Gasteiger partial charge < -0.3 is 11.1 Å². The Bertz CT molecular complexity index is 1460. The van der Waals surface area contributed by atoms with Gasteiger partial charge in [0.1, 0.15) is 11.7 Å². The highest BCUT2D eigenvalue weighted by atomic mass is 35.5. The number of hydrogen-bond donors (Lipinski definition) is 2. The summed E-state index contributed by atoms with van der Waals surface area (Å²) in [6.45, 7) is 2.16. The molecule has 0 aliphatic heterocycles. The first-order valence-electron chi connectivity index (χ1n) is 11.9. The van der Waals surface area contributed by atoms with Crippen molar-refractivity contribution in [2.75, 3.05) is 0 Å². The summed E-state index contributed by atoms with van der Waals surface area (Å²) in [6, 6.07) is 16.5. The number of nitrogens with zero attached hydrogens (tertiary/aromatic N) is 2. The number of hydrogen-bond acceptors (Lipinski definition) is 4. The summed E-state index contributed by atoms with van der Waals surface area (Å²) in [4.78, 5) is 34.0. The summed E-state index contributed by atoms with van der Waals surface area (Å²) in [5.74, 6) is -2.22. The summed E-state index contributed by atoms with van der Waals surface area (Å²) in [7, 11) is 0. The smallest absolute Gasteiger partial charge is 0.231 e. The van der Waals surface area contributed by atoms with Crippen LogP contribution < -0.4 is 11.1 Å². The molecule has 2 heterocycles.